The number of esters is 1. The molecule has 0 aliphatic carbocycles. The lowest BCUT2D eigenvalue weighted by Crippen LogP contribution is -2.34. The number of carbonyl (C=O) groups is 1. The number of nitrogens with zero attached hydrogens (tertiary/aromatic N) is 2. The van der Waals surface area contributed by atoms with Gasteiger partial charge >= 0.3 is 19.3 Å². The maximum Gasteiger partial charge on any atom is 0.330 e. The average Bonchev–Trinajstić information content (AvgIpc) is 2.98. The lowest BCUT2D eigenvalue weighted by molar-refractivity contribution is -0.150. The molecule has 2 rings (SSSR count). The van der Waals surface area contributed by atoms with Crippen molar-refractivity contribution in [1.29, 1.82) is 0 Å². The van der Waals surface area contributed by atoms with Crippen LogP contribution in [-0.4, -0.2) is 54.2 Å². The monoisotopic (exact) mass is 419 g/mol. The molecule has 1 saturated heterocycles. The van der Waals surface area contributed by atoms with Crippen LogP contribution in [0, 0.1) is 12.4 Å². The fraction of sp³-hybridized carbons (Fsp3) is 0.600. The Balaban J connectivity index is 2.12. The fourth-order valence-electron chi connectivity index (χ4n) is 2.53. The molecule has 28 heavy (non-hydrogen) atoms. The highest BCUT2D eigenvalue weighted by Crippen LogP contribution is 2.44. The first kappa shape index (κ1) is 22.0. The minimum atomic E-state index is -3.49. The van der Waals surface area contributed by atoms with Gasteiger partial charge in [0.2, 0.25) is 12.4 Å². The Morgan fingerprint density at radius 2 is 2.21 bits per heavy atom. The highest BCUT2D eigenvalue weighted by molar-refractivity contribution is 7.52. The molecule has 1 N–H and O–H groups in total. The van der Waals surface area contributed by atoms with E-state index in [9.17, 15) is 23.3 Å². The number of halogens is 1. The van der Waals surface area contributed by atoms with Gasteiger partial charge in [0.15, 0.2) is 0 Å². The minimum Gasteiger partial charge on any atom is -0.460 e. The van der Waals surface area contributed by atoms with Crippen molar-refractivity contribution in [2.45, 2.75) is 31.8 Å². The van der Waals surface area contributed by atoms with Gasteiger partial charge in [0.1, 0.15) is 25.0 Å². The second-order valence-corrected chi connectivity index (χ2v) is 8.00. The van der Waals surface area contributed by atoms with Gasteiger partial charge in [-0.05, 0) is 0 Å². The number of aromatic nitrogens is 2. The van der Waals surface area contributed by atoms with Crippen LogP contribution < -0.4 is 11.2 Å². The van der Waals surface area contributed by atoms with E-state index >= 15 is 0 Å². The topological polar surface area (TPSA) is 130 Å². The van der Waals surface area contributed by atoms with Gasteiger partial charge in [0, 0.05) is 20.0 Å². The largest absolute Gasteiger partial charge is 0.460 e. The molecular weight excluding hydrogens is 400 g/mol. The van der Waals surface area contributed by atoms with E-state index in [1.165, 1.54) is 13.6 Å². The van der Waals surface area contributed by atoms with Gasteiger partial charge in [-0.1, -0.05) is 0 Å². The van der Waals surface area contributed by atoms with Crippen LogP contribution in [-0.2, 0) is 27.9 Å². The molecule has 1 aliphatic rings. The number of hydrogen-bond acceptors (Lipinski definition) is 8. The molecule has 4 atom stereocenters. The Kier molecular flexibility index (Phi) is 7.26. The number of hydrogen-bond donors (Lipinski definition) is 1. The van der Waals surface area contributed by atoms with Crippen LogP contribution >= 0.6 is 7.60 Å². The number of carbonyl (C=O) groups excluding carboxylic acids is 1. The molecule has 1 aromatic heterocycles. The van der Waals surface area contributed by atoms with E-state index in [1.54, 1.807) is 0 Å². The van der Waals surface area contributed by atoms with Gasteiger partial charge in [0.05, 0.1) is 12.8 Å². The molecule has 1 aliphatic heterocycles. The highest BCUT2D eigenvalue weighted by atomic mass is 31.2. The van der Waals surface area contributed by atoms with Crippen molar-refractivity contribution >= 4 is 13.6 Å². The molecule has 1 aromatic rings. The molecule has 2 heterocycles. The van der Waals surface area contributed by atoms with E-state index < -0.39 is 49.1 Å². The van der Waals surface area contributed by atoms with Crippen LogP contribution in [0.25, 0.3) is 4.85 Å². The fourth-order valence-corrected chi connectivity index (χ4v) is 3.44. The van der Waals surface area contributed by atoms with Gasteiger partial charge in [-0.2, -0.15) is 4.39 Å². The smallest absolute Gasteiger partial charge is 0.330 e. The molecule has 1 fully saturated rings. The Labute approximate surface area is 158 Å². The maximum absolute atomic E-state index is 13.5. The average molecular weight is 419 g/mol. The van der Waals surface area contributed by atoms with Gasteiger partial charge < -0.3 is 23.4 Å². The lowest BCUT2D eigenvalue weighted by atomic mass is 10.2. The number of H-pyrrole nitrogens is 1. The quantitative estimate of drug-likeness (QED) is 0.282. The van der Waals surface area contributed by atoms with Crippen LogP contribution in [0.1, 0.15) is 19.6 Å². The van der Waals surface area contributed by atoms with Crippen molar-refractivity contribution in [3.8, 4) is 0 Å². The molecule has 4 unspecified atom stereocenters. The third-order valence-electron chi connectivity index (χ3n) is 3.73. The molecule has 0 radical (unpaired) electrons. The summed E-state index contributed by atoms with van der Waals surface area (Å²) in [7, 11) is -3.49. The zero-order chi connectivity index (χ0) is 20.9. The molecule has 0 spiro atoms. The molecular formula is C15H19FN3O8P. The van der Waals surface area contributed by atoms with Gasteiger partial charge in [-0.25, -0.2) is 11.4 Å². The Hall–Kier alpha value is -2.32. The lowest BCUT2D eigenvalue weighted by Gasteiger charge is -2.20. The summed E-state index contributed by atoms with van der Waals surface area (Å²) in [5, 5.41) is 0. The summed E-state index contributed by atoms with van der Waals surface area (Å²) in [5.74, 6) is -1.80. The Morgan fingerprint density at radius 1 is 1.50 bits per heavy atom. The molecule has 0 bridgehead atoms. The van der Waals surface area contributed by atoms with E-state index in [2.05, 4.69) is 4.85 Å². The zero-order valence-electron chi connectivity index (χ0n) is 15.1. The SMILES string of the molecule is [C-]#[N+]CCOP(C)(=O)OCC1OC(n2cc(F)c(=O)[nH]c2=O)CC1OC(C)=O. The predicted molar refractivity (Wildman–Crippen MR) is 92.3 cm³/mol. The summed E-state index contributed by atoms with van der Waals surface area (Å²) in [6.07, 6.45) is -2.17. The first-order valence-corrected chi connectivity index (χ1v) is 10.2. The Morgan fingerprint density at radius 3 is 2.86 bits per heavy atom. The number of ether oxygens (including phenoxy) is 2. The van der Waals surface area contributed by atoms with Crippen molar-refractivity contribution in [3.63, 3.8) is 0 Å². The minimum absolute atomic E-state index is 0.0138. The van der Waals surface area contributed by atoms with Crippen molar-refractivity contribution in [2.24, 2.45) is 0 Å². The standard InChI is InChI=1S/C15H19FN3O8P/c1-9(20)26-11-6-13(19-7-10(16)14(21)18-15(19)22)27-12(11)8-25-28(3,23)24-5-4-17-2/h7,11-13H,4-6,8H2,1,3H3,(H,18,21,22). The molecule has 0 saturated carbocycles. The summed E-state index contributed by atoms with van der Waals surface area (Å²) in [4.78, 5) is 39.3. The second-order valence-electron chi connectivity index (χ2n) is 5.94. The van der Waals surface area contributed by atoms with E-state index in [0.29, 0.717) is 6.20 Å². The number of nitrogens with one attached hydrogen (secondary N) is 1. The number of rotatable bonds is 8. The van der Waals surface area contributed by atoms with Crippen LogP contribution in [0.5, 0.6) is 0 Å². The van der Waals surface area contributed by atoms with E-state index in [-0.39, 0.29) is 26.2 Å². The Bertz CT molecular complexity index is 923. The molecule has 13 heteroatoms. The van der Waals surface area contributed by atoms with Gasteiger partial charge in [-0.3, -0.25) is 23.7 Å². The molecule has 154 valence electrons. The van der Waals surface area contributed by atoms with Gasteiger partial charge in [0.25, 0.3) is 5.56 Å². The summed E-state index contributed by atoms with van der Waals surface area (Å²) in [6.45, 7) is 8.68. The van der Waals surface area contributed by atoms with Crippen LogP contribution in [0.15, 0.2) is 15.8 Å². The van der Waals surface area contributed by atoms with Crippen LogP contribution in [0.2, 0.25) is 0 Å². The molecule has 0 amide bonds. The van der Waals surface area contributed by atoms with Crippen molar-refractivity contribution < 1.29 is 32.3 Å². The van der Waals surface area contributed by atoms with E-state index in [0.717, 1.165) is 4.57 Å². The number of aromatic amines is 1. The predicted octanol–water partition coefficient (Wildman–Crippen LogP) is 0.670. The third kappa shape index (κ3) is 5.84. The normalized spacial score (nSPS) is 23.7. The van der Waals surface area contributed by atoms with Crippen molar-refractivity contribution in [1.82, 2.24) is 9.55 Å². The zero-order valence-corrected chi connectivity index (χ0v) is 16.0. The van der Waals surface area contributed by atoms with Crippen LogP contribution in [0.4, 0.5) is 4.39 Å². The first-order chi connectivity index (χ1) is 13.1. The summed E-state index contributed by atoms with van der Waals surface area (Å²) in [6, 6.07) is 0. The van der Waals surface area contributed by atoms with E-state index in [1.807, 2.05) is 4.98 Å². The molecule has 0 aromatic carbocycles. The van der Waals surface area contributed by atoms with Crippen molar-refractivity contribution in [3.05, 3.63) is 44.3 Å². The summed E-state index contributed by atoms with van der Waals surface area (Å²) < 4.78 is 47.5. The second kappa shape index (κ2) is 9.25. The summed E-state index contributed by atoms with van der Waals surface area (Å²) in [5.41, 5.74) is -2.07. The van der Waals surface area contributed by atoms with E-state index in [4.69, 9.17) is 25.1 Å². The van der Waals surface area contributed by atoms with Crippen LogP contribution in [0.3, 0.4) is 0 Å². The maximum atomic E-state index is 13.5. The molecule has 11 nitrogen and oxygen atoms in total. The third-order valence-corrected chi connectivity index (χ3v) is 5.00. The highest BCUT2D eigenvalue weighted by Gasteiger charge is 2.40. The van der Waals surface area contributed by atoms with Gasteiger partial charge in [-0.15, -0.1) is 0 Å². The summed E-state index contributed by atoms with van der Waals surface area (Å²) >= 11 is 0. The first-order valence-electron chi connectivity index (χ1n) is 8.16. The van der Waals surface area contributed by atoms with Crippen molar-refractivity contribution in [2.75, 3.05) is 26.4 Å².